The molecular formula is C13H17FN2. The monoisotopic (exact) mass is 220 g/mol. The molecule has 1 fully saturated rings. The lowest BCUT2D eigenvalue weighted by atomic mass is 10.1. The molecular weight excluding hydrogens is 203 g/mol. The van der Waals surface area contributed by atoms with Crippen LogP contribution in [0.25, 0.3) is 6.08 Å². The molecule has 1 heterocycles. The first-order valence-corrected chi connectivity index (χ1v) is 5.73. The molecule has 0 amide bonds. The molecule has 1 aliphatic rings. The first-order chi connectivity index (χ1) is 7.83. The van der Waals surface area contributed by atoms with Crippen molar-refractivity contribution in [2.24, 2.45) is 5.73 Å². The van der Waals surface area contributed by atoms with Crippen LogP contribution in [0.5, 0.6) is 0 Å². The summed E-state index contributed by atoms with van der Waals surface area (Å²) in [6.45, 7) is 2.48. The van der Waals surface area contributed by atoms with Gasteiger partial charge in [0.15, 0.2) is 0 Å². The molecule has 2 N–H and O–H groups in total. The Morgan fingerprint density at radius 1 is 1.31 bits per heavy atom. The summed E-state index contributed by atoms with van der Waals surface area (Å²) in [6, 6.07) is 5.24. The van der Waals surface area contributed by atoms with E-state index in [0.717, 1.165) is 18.8 Å². The van der Waals surface area contributed by atoms with Gasteiger partial charge in [-0.1, -0.05) is 18.2 Å². The van der Waals surface area contributed by atoms with E-state index >= 15 is 0 Å². The molecule has 1 aromatic rings. The van der Waals surface area contributed by atoms with Crippen molar-refractivity contribution in [2.45, 2.75) is 12.8 Å². The third-order valence-corrected chi connectivity index (χ3v) is 2.90. The molecule has 0 bridgehead atoms. The maximum Gasteiger partial charge on any atom is 0.132 e. The normalized spacial score (nSPS) is 16.2. The Bertz CT molecular complexity index is 382. The summed E-state index contributed by atoms with van der Waals surface area (Å²) in [5, 5.41) is 0. The lowest BCUT2D eigenvalue weighted by Crippen LogP contribution is -2.19. The lowest BCUT2D eigenvalue weighted by molar-refractivity contribution is 0.624. The number of halogens is 1. The zero-order valence-electron chi connectivity index (χ0n) is 9.32. The minimum absolute atomic E-state index is 0.172. The summed E-state index contributed by atoms with van der Waals surface area (Å²) in [7, 11) is 0. The Morgan fingerprint density at radius 2 is 2.06 bits per heavy atom. The fourth-order valence-corrected chi connectivity index (χ4v) is 2.11. The third-order valence-electron chi connectivity index (χ3n) is 2.90. The van der Waals surface area contributed by atoms with Crippen LogP contribution in [0.1, 0.15) is 18.4 Å². The number of hydrogen-bond donors (Lipinski definition) is 1. The molecule has 0 unspecified atom stereocenters. The fourth-order valence-electron chi connectivity index (χ4n) is 2.11. The minimum atomic E-state index is -0.172. The molecule has 0 radical (unpaired) electrons. The number of rotatable bonds is 3. The molecule has 2 nitrogen and oxygen atoms in total. The maximum atomic E-state index is 13.7. The van der Waals surface area contributed by atoms with E-state index in [0.29, 0.717) is 12.1 Å². The van der Waals surface area contributed by atoms with Crippen molar-refractivity contribution in [1.82, 2.24) is 0 Å². The van der Waals surface area contributed by atoms with Crippen LogP contribution >= 0.6 is 0 Å². The number of nitrogens with zero attached hydrogens (tertiary/aromatic N) is 1. The Morgan fingerprint density at radius 3 is 2.75 bits per heavy atom. The van der Waals surface area contributed by atoms with Crippen LogP contribution in [0.4, 0.5) is 10.1 Å². The van der Waals surface area contributed by atoms with Crippen LogP contribution in [0, 0.1) is 5.82 Å². The van der Waals surface area contributed by atoms with E-state index in [2.05, 4.69) is 4.90 Å². The number of nitrogens with two attached hydrogens (primary N) is 1. The SMILES string of the molecule is NC/C=C/c1c(F)cccc1N1CCCC1. The molecule has 0 aliphatic carbocycles. The van der Waals surface area contributed by atoms with E-state index in [9.17, 15) is 4.39 Å². The second kappa shape index (κ2) is 5.12. The highest BCUT2D eigenvalue weighted by Crippen LogP contribution is 2.27. The molecule has 0 atom stereocenters. The van der Waals surface area contributed by atoms with Gasteiger partial charge in [0, 0.05) is 30.9 Å². The molecule has 0 spiro atoms. The lowest BCUT2D eigenvalue weighted by Gasteiger charge is -2.20. The van der Waals surface area contributed by atoms with Crippen molar-refractivity contribution in [3.8, 4) is 0 Å². The standard InChI is InChI=1S/C13H17FN2/c14-12-6-3-7-13(11(12)5-4-8-15)16-9-1-2-10-16/h3-7H,1-2,8-10,15H2/b5-4+. The second-order valence-electron chi connectivity index (χ2n) is 4.00. The highest BCUT2D eigenvalue weighted by molar-refractivity contribution is 5.68. The molecule has 0 saturated carbocycles. The zero-order chi connectivity index (χ0) is 11.4. The molecule has 0 aromatic heterocycles. The Labute approximate surface area is 95.6 Å². The Hall–Kier alpha value is -1.35. The van der Waals surface area contributed by atoms with E-state index < -0.39 is 0 Å². The zero-order valence-corrected chi connectivity index (χ0v) is 9.32. The van der Waals surface area contributed by atoms with Crippen LogP contribution in [0.2, 0.25) is 0 Å². The number of hydrogen-bond acceptors (Lipinski definition) is 2. The van der Waals surface area contributed by atoms with Crippen molar-refractivity contribution in [1.29, 1.82) is 0 Å². The average molecular weight is 220 g/mol. The maximum absolute atomic E-state index is 13.7. The van der Waals surface area contributed by atoms with Gasteiger partial charge in [-0.25, -0.2) is 4.39 Å². The van der Waals surface area contributed by atoms with Crippen molar-refractivity contribution in [3.63, 3.8) is 0 Å². The van der Waals surface area contributed by atoms with Gasteiger partial charge in [-0.2, -0.15) is 0 Å². The molecule has 1 aromatic carbocycles. The van der Waals surface area contributed by atoms with Gasteiger partial charge in [0.2, 0.25) is 0 Å². The highest BCUT2D eigenvalue weighted by Gasteiger charge is 2.16. The Balaban J connectivity index is 2.35. The topological polar surface area (TPSA) is 29.3 Å². The van der Waals surface area contributed by atoms with Gasteiger partial charge < -0.3 is 10.6 Å². The Kier molecular flexibility index (Phi) is 3.57. The van der Waals surface area contributed by atoms with Gasteiger partial charge in [0.25, 0.3) is 0 Å². The predicted octanol–water partition coefficient (Wildman–Crippen LogP) is 2.40. The van der Waals surface area contributed by atoms with E-state index in [1.165, 1.54) is 18.9 Å². The van der Waals surface area contributed by atoms with Crippen LogP contribution < -0.4 is 10.6 Å². The van der Waals surface area contributed by atoms with E-state index in [1.807, 2.05) is 6.07 Å². The van der Waals surface area contributed by atoms with E-state index in [4.69, 9.17) is 5.73 Å². The third kappa shape index (κ3) is 2.25. The van der Waals surface area contributed by atoms with Crippen LogP contribution in [0.3, 0.4) is 0 Å². The van der Waals surface area contributed by atoms with Crippen molar-refractivity contribution in [2.75, 3.05) is 24.5 Å². The highest BCUT2D eigenvalue weighted by atomic mass is 19.1. The van der Waals surface area contributed by atoms with Crippen molar-refractivity contribution in [3.05, 3.63) is 35.7 Å². The summed E-state index contributed by atoms with van der Waals surface area (Å²) < 4.78 is 13.7. The summed E-state index contributed by atoms with van der Waals surface area (Å²) in [4.78, 5) is 2.24. The largest absolute Gasteiger partial charge is 0.371 e. The van der Waals surface area contributed by atoms with Crippen molar-refractivity contribution < 1.29 is 4.39 Å². The average Bonchev–Trinajstić information content (AvgIpc) is 2.80. The first-order valence-electron chi connectivity index (χ1n) is 5.73. The van der Waals surface area contributed by atoms with E-state index in [-0.39, 0.29) is 5.82 Å². The molecule has 1 saturated heterocycles. The smallest absolute Gasteiger partial charge is 0.132 e. The first kappa shape index (κ1) is 11.1. The van der Waals surface area contributed by atoms with Crippen LogP contribution in [-0.4, -0.2) is 19.6 Å². The summed E-state index contributed by atoms with van der Waals surface area (Å²) in [6.07, 6.45) is 5.95. The van der Waals surface area contributed by atoms with Gasteiger partial charge >= 0.3 is 0 Å². The summed E-state index contributed by atoms with van der Waals surface area (Å²) in [5.41, 5.74) is 7.06. The van der Waals surface area contributed by atoms with Crippen LogP contribution in [0.15, 0.2) is 24.3 Å². The minimum Gasteiger partial charge on any atom is -0.371 e. The predicted molar refractivity (Wildman–Crippen MR) is 65.9 cm³/mol. The quantitative estimate of drug-likeness (QED) is 0.847. The van der Waals surface area contributed by atoms with Gasteiger partial charge in [0.05, 0.1) is 0 Å². The number of anilines is 1. The molecule has 16 heavy (non-hydrogen) atoms. The van der Waals surface area contributed by atoms with Gasteiger partial charge in [0.1, 0.15) is 5.82 Å². The van der Waals surface area contributed by atoms with Crippen LogP contribution in [-0.2, 0) is 0 Å². The van der Waals surface area contributed by atoms with Crippen molar-refractivity contribution >= 4 is 11.8 Å². The second-order valence-corrected chi connectivity index (χ2v) is 4.00. The van der Waals surface area contributed by atoms with Gasteiger partial charge in [-0.3, -0.25) is 0 Å². The van der Waals surface area contributed by atoms with Gasteiger partial charge in [-0.05, 0) is 25.0 Å². The summed E-state index contributed by atoms with van der Waals surface area (Å²) in [5.74, 6) is -0.172. The van der Waals surface area contributed by atoms with Gasteiger partial charge in [-0.15, -0.1) is 0 Å². The molecule has 3 heteroatoms. The molecule has 1 aliphatic heterocycles. The molecule has 2 rings (SSSR count). The van der Waals surface area contributed by atoms with E-state index in [1.54, 1.807) is 18.2 Å². The molecule has 86 valence electrons. The summed E-state index contributed by atoms with van der Waals surface area (Å²) >= 11 is 0. The number of benzene rings is 1. The fraction of sp³-hybridized carbons (Fsp3) is 0.385.